The van der Waals surface area contributed by atoms with Gasteiger partial charge in [0.2, 0.25) is 0 Å². The van der Waals surface area contributed by atoms with Crippen molar-refractivity contribution in [3.63, 3.8) is 0 Å². The minimum Gasteiger partial charge on any atom is -0.466 e. The van der Waals surface area contributed by atoms with Crippen LogP contribution >= 0.6 is 0 Å². The number of aryl methyl sites for hydroxylation is 1. The Morgan fingerprint density at radius 2 is 2.38 bits per heavy atom. The third-order valence-electron chi connectivity index (χ3n) is 2.52. The van der Waals surface area contributed by atoms with Crippen molar-refractivity contribution in [2.45, 2.75) is 31.9 Å². The van der Waals surface area contributed by atoms with Crippen LogP contribution in [-0.2, 0) is 4.74 Å². The van der Waals surface area contributed by atoms with Crippen molar-refractivity contribution in [1.29, 1.82) is 0 Å². The van der Waals surface area contributed by atoms with E-state index in [4.69, 9.17) is 14.9 Å². The first kappa shape index (κ1) is 8.78. The fourth-order valence-corrected chi connectivity index (χ4v) is 1.72. The van der Waals surface area contributed by atoms with Crippen LogP contribution in [0.25, 0.3) is 0 Å². The number of hydrogen-bond acceptors (Lipinski definition) is 3. The molecular weight excluding hydrogens is 166 g/mol. The normalized spacial score (nSPS) is 29.1. The molecule has 2 atom stereocenters. The molecule has 13 heavy (non-hydrogen) atoms. The standard InChI is InChI=1S/C10H15NO2/c1-7-2-4-13-10(7)9-6-8(11)3-5-12-9/h2,4,8-9H,3,5-6,11H2,1H3. The van der Waals surface area contributed by atoms with Gasteiger partial charge < -0.3 is 14.9 Å². The number of hydrogen-bond donors (Lipinski definition) is 1. The quantitative estimate of drug-likeness (QED) is 0.718. The third-order valence-corrected chi connectivity index (χ3v) is 2.52. The summed E-state index contributed by atoms with van der Waals surface area (Å²) in [6.45, 7) is 2.77. The predicted octanol–water partition coefficient (Wildman–Crippen LogP) is 1.77. The highest BCUT2D eigenvalue weighted by molar-refractivity contribution is 5.17. The van der Waals surface area contributed by atoms with Gasteiger partial charge in [-0.05, 0) is 31.4 Å². The molecule has 1 aliphatic rings. The van der Waals surface area contributed by atoms with Crippen molar-refractivity contribution in [3.05, 3.63) is 23.7 Å². The van der Waals surface area contributed by atoms with Gasteiger partial charge in [-0.3, -0.25) is 0 Å². The Labute approximate surface area is 77.9 Å². The summed E-state index contributed by atoms with van der Waals surface area (Å²) in [5, 5.41) is 0. The summed E-state index contributed by atoms with van der Waals surface area (Å²) in [5.74, 6) is 0.940. The molecule has 1 fully saturated rings. The molecule has 1 aliphatic heterocycles. The molecule has 0 aliphatic carbocycles. The smallest absolute Gasteiger partial charge is 0.135 e. The number of nitrogens with two attached hydrogens (primary N) is 1. The molecule has 1 saturated heterocycles. The van der Waals surface area contributed by atoms with Crippen LogP contribution in [0.5, 0.6) is 0 Å². The van der Waals surface area contributed by atoms with Gasteiger partial charge in [0.25, 0.3) is 0 Å². The van der Waals surface area contributed by atoms with Gasteiger partial charge in [0.15, 0.2) is 0 Å². The monoisotopic (exact) mass is 181 g/mol. The molecule has 2 heterocycles. The summed E-state index contributed by atoms with van der Waals surface area (Å²) in [7, 11) is 0. The van der Waals surface area contributed by atoms with Gasteiger partial charge in [-0.1, -0.05) is 0 Å². The number of furan rings is 1. The van der Waals surface area contributed by atoms with E-state index in [9.17, 15) is 0 Å². The summed E-state index contributed by atoms with van der Waals surface area (Å²) < 4.78 is 11.0. The molecule has 3 heteroatoms. The molecule has 0 radical (unpaired) electrons. The van der Waals surface area contributed by atoms with Crippen molar-refractivity contribution in [3.8, 4) is 0 Å². The first-order valence-corrected chi connectivity index (χ1v) is 4.68. The van der Waals surface area contributed by atoms with Crippen LogP contribution in [0.3, 0.4) is 0 Å². The molecule has 3 nitrogen and oxygen atoms in total. The Balaban J connectivity index is 2.12. The Kier molecular flexibility index (Phi) is 2.38. The van der Waals surface area contributed by atoms with Crippen LogP contribution in [0, 0.1) is 6.92 Å². The Bertz CT molecular complexity index is 282. The zero-order chi connectivity index (χ0) is 9.26. The molecule has 1 aromatic rings. The first-order chi connectivity index (χ1) is 6.27. The first-order valence-electron chi connectivity index (χ1n) is 4.68. The maximum absolute atomic E-state index is 5.86. The molecule has 0 aromatic carbocycles. The summed E-state index contributed by atoms with van der Waals surface area (Å²) in [6.07, 6.45) is 3.59. The second-order valence-electron chi connectivity index (χ2n) is 3.61. The maximum atomic E-state index is 5.86. The molecule has 72 valence electrons. The van der Waals surface area contributed by atoms with Crippen LogP contribution in [0.1, 0.15) is 30.3 Å². The molecule has 0 amide bonds. The Morgan fingerprint density at radius 1 is 1.54 bits per heavy atom. The predicted molar refractivity (Wildman–Crippen MR) is 49.3 cm³/mol. The molecule has 0 saturated carbocycles. The van der Waals surface area contributed by atoms with Gasteiger partial charge in [0.05, 0.1) is 6.26 Å². The van der Waals surface area contributed by atoms with Crippen molar-refractivity contribution in [2.24, 2.45) is 5.73 Å². The maximum Gasteiger partial charge on any atom is 0.135 e. The van der Waals surface area contributed by atoms with E-state index in [1.54, 1.807) is 6.26 Å². The van der Waals surface area contributed by atoms with E-state index in [-0.39, 0.29) is 12.1 Å². The Hall–Kier alpha value is -0.800. The molecule has 2 unspecified atom stereocenters. The summed E-state index contributed by atoms with van der Waals surface area (Å²) in [4.78, 5) is 0. The summed E-state index contributed by atoms with van der Waals surface area (Å²) in [6, 6.07) is 2.21. The van der Waals surface area contributed by atoms with Gasteiger partial charge in [0.1, 0.15) is 11.9 Å². The molecule has 0 bridgehead atoms. The van der Waals surface area contributed by atoms with E-state index in [2.05, 4.69) is 0 Å². The van der Waals surface area contributed by atoms with Crippen LogP contribution in [0.15, 0.2) is 16.7 Å². The van der Waals surface area contributed by atoms with Gasteiger partial charge in [-0.15, -0.1) is 0 Å². The SMILES string of the molecule is Cc1ccoc1C1CC(N)CCO1. The van der Waals surface area contributed by atoms with Gasteiger partial charge in [0, 0.05) is 12.6 Å². The lowest BCUT2D eigenvalue weighted by molar-refractivity contribution is -0.00634. The lowest BCUT2D eigenvalue weighted by atomic mass is 10.0. The van der Waals surface area contributed by atoms with Crippen LogP contribution in [0.4, 0.5) is 0 Å². The zero-order valence-corrected chi connectivity index (χ0v) is 7.82. The highest BCUT2D eigenvalue weighted by Gasteiger charge is 2.24. The highest BCUT2D eigenvalue weighted by Crippen LogP contribution is 2.29. The van der Waals surface area contributed by atoms with E-state index in [1.807, 2.05) is 13.0 Å². The minimum absolute atomic E-state index is 0.0683. The number of rotatable bonds is 1. The average molecular weight is 181 g/mol. The molecule has 0 spiro atoms. The van der Waals surface area contributed by atoms with Gasteiger partial charge >= 0.3 is 0 Å². The second kappa shape index (κ2) is 3.52. The second-order valence-corrected chi connectivity index (χ2v) is 3.61. The van der Waals surface area contributed by atoms with Crippen LogP contribution in [-0.4, -0.2) is 12.6 Å². The lowest BCUT2D eigenvalue weighted by Crippen LogP contribution is -2.30. The van der Waals surface area contributed by atoms with Gasteiger partial charge in [-0.2, -0.15) is 0 Å². The van der Waals surface area contributed by atoms with E-state index in [0.29, 0.717) is 0 Å². The minimum atomic E-state index is 0.0683. The molecule has 2 N–H and O–H groups in total. The average Bonchev–Trinajstić information content (AvgIpc) is 2.51. The topological polar surface area (TPSA) is 48.4 Å². The largest absolute Gasteiger partial charge is 0.466 e. The number of ether oxygens (including phenoxy) is 1. The summed E-state index contributed by atoms with van der Waals surface area (Å²) in [5.41, 5.74) is 7.01. The van der Waals surface area contributed by atoms with E-state index in [1.165, 1.54) is 0 Å². The van der Waals surface area contributed by atoms with Crippen molar-refractivity contribution >= 4 is 0 Å². The lowest BCUT2D eigenvalue weighted by Gasteiger charge is -2.26. The molecule has 2 rings (SSSR count). The van der Waals surface area contributed by atoms with E-state index < -0.39 is 0 Å². The van der Waals surface area contributed by atoms with Crippen LogP contribution < -0.4 is 5.73 Å². The van der Waals surface area contributed by atoms with Crippen molar-refractivity contribution in [1.82, 2.24) is 0 Å². The fourth-order valence-electron chi connectivity index (χ4n) is 1.72. The Morgan fingerprint density at radius 3 is 3.00 bits per heavy atom. The third kappa shape index (κ3) is 1.76. The fraction of sp³-hybridized carbons (Fsp3) is 0.600. The van der Waals surface area contributed by atoms with Crippen molar-refractivity contribution in [2.75, 3.05) is 6.61 Å². The van der Waals surface area contributed by atoms with Crippen molar-refractivity contribution < 1.29 is 9.15 Å². The van der Waals surface area contributed by atoms with E-state index >= 15 is 0 Å². The molecular formula is C10H15NO2. The zero-order valence-electron chi connectivity index (χ0n) is 7.82. The highest BCUT2D eigenvalue weighted by atomic mass is 16.5. The molecule has 1 aromatic heterocycles. The van der Waals surface area contributed by atoms with E-state index in [0.717, 1.165) is 30.8 Å². The van der Waals surface area contributed by atoms with Crippen LogP contribution in [0.2, 0.25) is 0 Å². The summed E-state index contributed by atoms with van der Waals surface area (Å²) >= 11 is 0. The van der Waals surface area contributed by atoms with Gasteiger partial charge in [-0.25, -0.2) is 0 Å².